The van der Waals surface area contributed by atoms with Crippen LogP contribution in [0.25, 0.3) is 0 Å². The van der Waals surface area contributed by atoms with E-state index in [1.54, 1.807) is 0 Å². The molecule has 2 aliphatic carbocycles. The molecular weight excluding hydrogens is 228 g/mol. The second-order valence-electron chi connectivity index (χ2n) is 6.92. The third-order valence-electron chi connectivity index (χ3n) is 6.07. The highest BCUT2D eigenvalue weighted by Gasteiger charge is 2.65. The van der Waals surface area contributed by atoms with Gasteiger partial charge in [0.15, 0.2) is 6.29 Å². The summed E-state index contributed by atoms with van der Waals surface area (Å²) in [6.45, 7) is 8.15. The second kappa shape index (κ2) is 4.04. The predicted octanol–water partition coefficient (Wildman–Crippen LogP) is 2.78. The lowest BCUT2D eigenvalue weighted by Gasteiger charge is -2.32. The van der Waals surface area contributed by atoms with Crippen LogP contribution < -0.4 is 0 Å². The summed E-state index contributed by atoms with van der Waals surface area (Å²) in [5.41, 5.74) is 0.0892. The summed E-state index contributed by atoms with van der Waals surface area (Å²) >= 11 is 0. The molecule has 1 heterocycles. The van der Waals surface area contributed by atoms with E-state index >= 15 is 0 Å². The van der Waals surface area contributed by atoms with Crippen LogP contribution in [0, 0.1) is 22.7 Å². The Labute approximate surface area is 109 Å². The van der Waals surface area contributed by atoms with Gasteiger partial charge in [-0.25, -0.2) is 0 Å². The zero-order chi connectivity index (χ0) is 13.0. The Balaban J connectivity index is 1.69. The van der Waals surface area contributed by atoms with Crippen LogP contribution in [0.5, 0.6) is 0 Å². The molecule has 3 rings (SSSR count). The van der Waals surface area contributed by atoms with E-state index in [1.807, 2.05) is 0 Å². The summed E-state index contributed by atoms with van der Waals surface area (Å²) in [5.74, 6) is 1.31. The number of ether oxygens (including phenoxy) is 2. The van der Waals surface area contributed by atoms with E-state index in [0.717, 1.165) is 19.3 Å². The average molecular weight is 252 g/mol. The molecule has 0 radical (unpaired) electrons. The summed E-state index contributed by atoms with van der Waals surface area (Å²) in [6.07, 6.45) is 4.04. The van der Waals surface area contributed by atoms with Gasteiger partial charge in [-0.2, -0.15) is 0 Å². The van der Waals surface area contributed by atoms with E-state index < -0.39 is 0 Å². The van der Waals surface area contributed by atoms with Crippen LogP contribution in [0.3, 0.4) is 0 Å². The molecule has 1 unspecified atom stereocenters. The van der Waals surface area contributed by atoms with E-state index in [2.05, 4.69) is 20.8 Å². The van der Waals surface area contributed by atoms with Gasteiger partial charge in [0.05, 0.1) is 13.2 Å². The lowest BCUT2D eigenvalue weighted by atomic mass is 9.70. The number of rotatable bonds is 3. The van der Waals surface area contributed by atoms with Crippen molar-refractivity contribution in [3.8, 4) is 0 Å². The Morgan fingerprint density at radius 1 is 1.17 bits per heavy atom. The standard InChI is InChI=1S/C15H24O3/c1-14(2)11-6-7-15(14,3)13(16)10(11)4-5-12-17-8-9-18-12/h10-12H,4-9H2,1-3H3/t10?,11-,15+/m1/s1. The van der Waals surface area contributed by atoms with Crippen LogP contribution in [0.2, 0.25) is 0 Å². The van der Waals surface area contributed by atoms with Crippen molar-refractivity contribution in [2.45, 2.75) is 52.7 Å². The van der Waals surface area contributed by atoms with Crippen LogP contribution in [-0.2, 0) is 14.3 Å². The Kier molecular flexibility index (Phi) is 2.83. The lowest BCUT2D eigenvalue weighted by Crippen LogP contribution is -2.33. The van der Waals surface area contributed by atoms with Crippen molar-refractivity contribution in [3.05, 3.63) is 0 Å². The van der Waals surface area contributed by atoms with Crippen molar-refractivity contribution >= 4 is 5.78 Å². The molecular formula is C15H24O3. The first-order valence-corrected chi connectivity index (χ1v) is 7.24. The molecule has 0 N–H and O–H groups in total. The number of Topliss-reactive ketones (excluding diaryl/α,β-unsaturated/α-hetero) is 1. The summed E-state index contributed by atoms with van der Waals surface area (Å²) in [7, 11) is 0. The van der Waals surface area contributed by atoms with E-state index in [-0.39, 0.29) is 23.0 Å². The highest BCUT2D eigenvalue weighted by molar-refractivity contribution is 5.91. The molecule has 3 aliphatic rings. The molecule has 0 aromatic carbocycles. The van der Waals surface area contributed by atoms with E-state index in [9.17, 15) is 4.79 Å². The minimum Gasteiger partial charge on any atom is -0.350 e. The van der Waals surface area contributed by atoms with Crippen molar-refractivity contribution in [3.63, 3.8) is 0 Å². The molecule has 1 aliphatic heterocycles. The SMILES string of the molecule is CC1(C)[C@@H]2CC[C@@]1(C)C(=O)C2CCC1OCCO1. The minimum atomic E-state index is -0.0836. The van der Waals surface area contributed by atoms with Crippen molar-refractivity contribution in [2.24, 2.45) is 22.7 Å². The number of fused-ring (bicyclic) bond motifs is 2. The summed E-state index contributed by atoms with van der Waals surface area (Å²) in [5, 5.41) is 0. The van der Waals surface area contributed by atoms with Crippen LogP contribution in [0.4, 0.5) is 0 Å². The van der Waals surface area contributed by atoms with E-state index in [0.29, 0.717) is 24.9 Å². The second-order valence-corrected chi connectivity index (χ2v) is 6.92. The van der Waals surface area contributed by atoms with Gasteiger partial charge in [-0.3, -0.25) is 4.79 Å². The van der Waals surface area contributed by atoms with Crippen LogP contribution in [-0.4, -0.2) is 25.3 Å². The molecule has 3 fully saturated rings. The highest BCUT2D eigenvalue weighted by atomic mass is 16.7. The van der Waals surface area contributed by atoms with Gasteiger partial charge in [-0.05, 0) is 37.0 Å². The Morgan fingerprint density at radius 3 is 2.39 bits per heavy atom. The number of hydrogen-bond donors (Lipinski definition) is 0. The van der Waals surface area contributed by atoms with Gasteiger partial charge in [0.2, 0.25) is 0 Å². The van der Waals surface area contributed by atoms with Gasteiger partial charge in [-0.1, -0.05) is 20.8 Å². The summed E-state index contributed by atoms with van der Waals surface area (Å²) in [4.78, 5) is 12.6. The molecule has 2 bridgehead atoms. The van der Waals surface area contributed by atoms with E-state index in [1.165, 1.54) is 6.42 Å². The maximum absolute atomic E-state index is 12.6. The van der Waals surface area contributed by atoms with Crippen molar-refractivity contribution < 1.29 is 14.3 Å². The third kappa shape index (κ3) is 1.53. The first-order chi connectivity index (χ1) is 8.47. The Bertz CT molecular complexity index is 357. The largest absolute Gasteiger partial charge is 0.350 e. The topological polar surface area (TPSA) is 35.5 Å². The number of carbonyl (C=O) groups excluding carboxylic acids is 1. The fourth-order valence-electron chi connectivity index (χ4n) is 4.49. The molecule has 3 atom stereocenters. The smallest absolute Gasteiger partial charge is 0.157 e. The molecule has 1 saturated heterocycles. The zero-order valence-electron chi connectivity index (χ0n) is 11.7. The van der Waals surface area contributed by atoms with Crippen LogP contribution in [0.1, 0.15) is 46.5 Å². The quantitative estimate of drug-likeness (QED) is 0.775. The first-order valence-electron chi connectivity index (χ1n) is 7.24. The predicted molar refractivity (Wildman–Crippen MR) is 68.0 cm³/mol. The Hall–Kier alpha value is -0.410. The van der Waals surface area contributed by atoms with Gasteiger partial charge in [0.1, 0.15) is 5.78 Å². The molecule has 102 valence electrons. The monoisotopic (exact) mass is 252 g/mol. The molecule has 0 spiro atoms. The zero-order valence-corrected chi connectivity index (χ0v) is 11.7. The number of hydrogen-bond acceptors (Lipinski definition) is 3. The molecule has 2 saturated carbocycles. The minimum absolute atomic E-state index is 0.0622. The van der Waals surface area contributed by atoms with Gasteiger partial charge < -0.3 is 9.47 Å². The summed E-state index contributed by atoms with van der Waals surface area (Å²) in [6, 6.07) is 0. The average Bonchev–Trinajstić information content (AvgIpc) is 2.93. The maximum Gasteiger partial charge on any atom is 0.157 e. The van der Waals surface area contributed by atoms with Crippen molar-refractivity contribution in [1.29, 1.82) is 0 Å². The first kappa shape index (κ1) is 12.6. The van der Waals surface area contributed by atoms with Crippen LogP contribution >= 0.6 is 0 Å². The van der Waals surface area contributed by atoms with Crippen molar-refractivity contribution in [2.75, 3.05) is 13.2 Å². The number of ketones is 1. The maximum atomic E-state index is 12.6. The summed E-state index contributed by atoms with van der Waals surface area (Å²) < 4.78 is 10.9. The highest BCUT2D eigenvalue weighted by Crippen LogP contribution is 2.66. The molecule has 3 nitrogen and oxygen atoms in total. The number of carbonyl (C=O) groups is 1. The molecule has 0 aromatic heterocycles. The normalized spacial score (nSPS) is 42.9. The van der Waals surface area contributed by atoms with Crippen molar-refractivity contribution in [1.82, 2.24) is 0 Å². The Morgan fingerprint density at radius 2 is 1.83 bits per heavy atom. The molecule has 3 heteroatoms. The third-order valence-corrected chi connectivity index (χ3v) is 6.07. The van der Waals surface area contributed by atoms with Gasteiger partial charge in [0, 0.05) is 11.3 Å². The fourth-order valence-corrected chi connectivity index (χ4v) is 4.49. The van der Waals surface area contributed by atoms with Gasteiger partial charge in [0.25, 0.3) is 0 Å². The molecule has 18 heavy (non-hydrogen) atoms. The van der Waals surface area contributed by atoms with E-state index in [4.69, 9.17) is 9.47 Å². The fraction of sp³-hybridized carbons (Fsp3) is 0.933. The van der Waals surface area contributed by atoms with Crippen LogP contribution in [0.15, 0.2) is 0 Å². The van der Waals surface area contributed by atoms with Gasteiger partial charge in [-0.15, -0.1) is 0 Å². The van der Waals surface area contributed by atoms with Gasteiger partial charge >= 0.3 is 0 Å². The molecule has 0 amide bonds. The lowest BCUT2D eigenvalue weighted by molar-refractivity contribution is -0.132. The molecule has 0 aromatic rings.